The Balaban J connectivity index is 2.22. The minimum Gasteiger partial charge on any atom is -0.477 e. The quantitative estimate of drug-likeness (QED) is 0.937. The number of hydrogen-bond acceptors (Lipinski definition) is 3. The summed E-state index contributed by atoms with van der Waals surface area (Å²) in [5, 5.41) is 11.1. The summed E-state index contributed by atoms with van der Waals surface area (Å²) in [5.41, 5.74) is 1.08. The van der Waals surface area contributed by atoms with Crippen LogP contribution in [0, 0.1) is 24.1 Å². The molecule has 4 nitrogen and oxygen atoms in total. The topological polar surface area (TPSA) is 62.1 Å². The van der Waals surface area contributed by atoms with Crippen LogP contribution in [0.3, 0.4) is 0 Å². The summed E-state index contributed by atoms with van der Waals surface area (Å²) in [7, 11) is 0. The average molecular weight is 284 g/mol. The minimum absolute atomic E-state index is 0.0457. The third-order valence-electron chi connectivity index (χ3n) is 2.80. The van der Waals surface area contributed by atoms with Crippen molar-refractivity contribution in [1.82, 2.24) is 0 Å². The molecule has 2 rings (SSSR count). The van der Waals surface area contributed by atoms with Gasteiger partial charge >= 0.3 is 0 Å². The van der Waals surface area contributed by atoms with Crippen LogP contribution in [0.5, 0.6) is 5.75 Å². The van der Waals surface area contributed by atoms with Gasteiger partial charge < -0.3 is 10.1 Å². The van der Waals surface area contributed by atoms with Crippen LogP contribution in [-0.2, 0) is 0 Å². The van der Waals surface area contributed by atoms with Gasteiger partial charge in [0.25, 0.3) is 5.91 Å². The first-order valence-electron chi connectivity index (χ1n) is 6.28. The van der Waals surface area contributed by atoms with Gasteiger partial charge in [0.1, 0.15) is 17.6 Å². The fourth-order valence-corrected chi connectivity index (χ4v) is 1.80. The summed E-state index contributed by atoms with van der Waals surface area (Å²) >= 11 is 0. The SMILES string of the molecule is Cc1ccc(C(=O)Nc2ccccc2OCC#N)c(F)c1. The van der Waals surface area contributed by atoms with Gasteiger partial charge in [-0.1, -0.05) is 18.2 Å². The largest absolute Gasteiger partial charge is 0.477 e. The normalized spacial score (nSPS) is 9.76. The molecule has 0 fully saturated rings. The Hall–Kier alpha value is -2.87. The highest BCUT2D eigenvalue weighted by molar-refractivity contribution is 6.05. The Morgan fingerprint density at radius 1 is 1.33 bits per heavy atom. The smallest absolute Gasteiger partial charge is 0.258 e. The number of rotatable bonds is 4. The molecule has 2 aromatic rings. The molecular formula is C16H13FN2O2. The zero-order chi connectivity index (χ0) is 15.2. The summed E-state index contributed by atoms with van der Waals surface area (Å²) in [5.74, 6) is -0.789. The Morgan fingerprint density at radius 2 is 2.10 bits per heavy atom. The van der Waals surface area contributed by atoms with Gasteiger partial charge in [-0.15, -0.1) is 0 Å². The van der Waals surface area contributed by atoms with Gasteiger partial charge in [0.15, 0.2) is 6.61 Å². The van der Waals surface area contributed by atoms with Gasteiger partial charge in [0.05, 0.1) is 11.3 Å². The summed E-state index contributed by atoms with van der Waals surface area (Å²) in [6, 6.07) is 12.9. The molecule has 5 heteroatoms. The molecule has 2 aromatic carbocycles. The number of anilines is 1. The molecule has 0 aliphatic carbocycles. The maximum absolute atomic E-state index is 13.8. The molecule has 0 atom stereocenters. The lowest BCUT2D eigenvalue weighted by Crippen LogP contribution is -2.14. The van der Waals surface area contributed by atoms with Crippen molar-refractivity contribution in [2.75, 3.05) is 11.9 Å². The number of ether oxygens (including phenoxy) is 1. The number of amides is 1. The molecule has 0 aromatic heterocycles. The van der Waals surface area contributed by atoms with Crippen molar-refractivity contribution in [1.29, 1.82) is 5.26 Å². The molecule has 0 aliphatic rings. The van der Waals surface area contributed by atoms with E-state index in [0.717, 1.165) is 5.56 Å². The highest BCUT2D eigenvalue weighted by Crippen LogP contribution is 2.24. The number of halogens is 1. The Labute approximate surface area is 121 Å². The molecule has 0 radical (unpaired) electrons. The number of carbonyl (C=O) groups is 1. The van der Waals surface area contributed by atoms with Crippen molar-refractivity contribution in [2.45, 2.75) is 6.92 Å². The highest BCUT2D eigenvalue weighted by atomic mass is 19.1. The summed E-state index contributed by atoms with van der Waals surface area (Å²) < 4.78 is 19.0. The third kappa shape index (κ3) is 3.57. The number of carbonyl (C=O) groups excluding carboxylic acids is 1. The number of benzene rings is 2. The van der Waals surface area contributed by atoms with Crippen LogP contribution in [0.25, 0.3) is 0 Å². The third-order valence-corrected chi connectivity index (χ3v) is 2.80. The molecular weight excluding hydrogens is 271 g/mol. The molecule has 0 unspecified atom stereocenters. The first-order valence-corrected chi connectivity index (χ1v) is 6.28. The van der Waals surface area contributed by atoms with E-state index in [2.05, 4.69) is 5.32 Å². The Morgan fingerprint density at radius 3 is 2.81 bits per heavy atom. The van der Waals surface area contributed by atoms with Crippen LogP contribution in [-0.4, -0.2) is 12.5 Å². The van der Waals surface area contributed by atoms with Gasteiger partial charge in [0.2, 0.25) is 0 Å². The standard InChI is InChI=1S/C16H13FN2O2/c1-11-6-7-12(13(17)10-11)16(20)19-14-4-2-3-5-15(14)21-9-8-18/h2-7,10H,9H2,1H3,(H,19,20). The van der Waals surface area contributed by atoms with E-state index in [9.17, 15) is 9.18 Å². The van der Waals surface area contributed by atoms with E-state index in [1.54, 1.807) is 37.3 Å². The minimum atomic E-state index is -0.581. The second-order valence-electron chi connectivity index (χ2n) is 4.38. The zero-order valence-electron chi connectivity index (χ0n) is 11.4. The van der Waals surface area contributed by atoms with E-state index < -0.39 is 11.7 Å². The number of nitrogens with zero attached hydrogens (tertiary/aromatic N) is 1. The van der Waals surface area contributed by atoms with Gasteiger partial charge in [-0.25, -0.2) is 4.39 Å². The van der Waals surface area contributed by atoms with E-state index in [-0.39, 0.29) is 12.2 Å². The predicted molar refractivity (Wildman–Crippen MR) is 76.6 cm³/mol. The molecule has 0 saturated heterocycles. The zero-order valence-corrected chi connectivity index (χ0v) is 11.4. The van der Waals surface area contributed by atoms with Crippen LogP contribution in [0.4, 0.5) is 10.1 Å². The van der Waals surface area contributed by atoms with Gasteiger partial charge in [0, 0.05) is 0 Å². The van der Waals surface area contributed by atoms with Crippen molar-refractivity contribution in [2.24, 2.45) is 0 Å². The maximum atomic E-state index is 13.8. The van der Waals surface area contributed by atoms with Crippen LogP contribution >= 0.6 is 0 Å². The number of nitrogens with one attached hydrogen (secondary N) is 1. The number of para-hydroxylation sites is 2. The lowest BCUT2D eigenvalue weighted by molar-refractivity contribution is 0.102. The average Bonchev–Trinajstić information content (AvgIpc) is 2.46. The summed E-state index contributed by atoms with van der Waals surface area (Å²) in [6.45, 7) is 1.61. The summed E-state index contributed by atoms with van der Waals surface area (Å²) in [4.78, 5) is 12.1. The van der Waals surface area contributed by atoms with Crippen molar-refractivity contribution in [3.63, 3.8) is 0 Å². The molecule has 106 valence electrons. The summed E-state index contributed by atoms with van der Waals surface area (Å²) in [6.07, 6.45) is 0. The van der Waals surface area contributed by atoms with E-state index in [1.807, 2.05) is 6.07 Å². The van der Waals surface area contributed by atoms with Crippen LogP contribution < -0.4 is 10.1 Å². The van der Waals surface area contributed by atoms with E-state index in [1.165, 1.54) is 12.1 Å². The molecule has 0 saturated carbocycles. The molecule has 0 heterocycles. The van der Waals surface area contributed by atoms with Gasteiger partial charge in [-0.05, 0) is 36.8 Å². The number of nitriles is 1. The molecule has 1 N–H and O–H groups in total. The van der Waals surface area contributed by atoms with Crippen LogP contribution in [0.2, 0.25) is 0 Å². The van der Waals surface area contributed by atoms with Crippen molar-refractivity contribution in [3.8, 4) is 11.8 Å². The van der Waals surface area contributed by atoms with Gasteiger partial charge in [-0.3, -0.25) is 4.79 Å². The molecule has 0 aliphatic heterocycles. The van der Waals surface area contributed by atoms with Crippen molar-refractivity contribution >= 4 is 11.6 Å². The van der Waals surface area contributed by atoms with Crippen molar-refractivity contribution < 1.29 is 13.9 Å². The monoisotopic (exact) mass is 284 g/mol. The van der Waals surface area contributed by atoms with Crippen LogP contribution in [0.1, 0.15) is 15.9 Å². The van der Waals surface area contributed by atoms with E-state index >= 15 is 0 Å². The lowest BCUT2D eigenvalue weighted by Gasteiger charge is -2.11. The Bertz CT molecular complexity index is 708. The second-order valence-corrected chi connectivity index (χ2v) is 4.38. The lowest BCUT2D eigenvalue weighted by atomic mass is 10.1. The fraction of sp³-hybridized carbons (Fsp3) is 0.125. The number of aryl methyl sites for hydroxylation is 1. The fourth-order valence-electron chi connectivity index (χ4n) is 1.80. The van der Waals surface area contributed by atoms with Crippen LogP contribution in [0.15, 0.2) is 42.5 Å². The number of hydrogen-bond donors (Lipinski definition) is 1. The first kappa shape index (κ1) is 14.5. The molecule has 21 heavy (non-hydrogen) atoms. The maximum Gasteiger partial charge on any atom is 0.258 e. The molecule has 0 spiro atoms. The van der Waals surface area contributed by atoms with Gasteiger partial charge in [-0.2, -0.15) is 5.26 Å². The first-order chi connectivity index (χ1) is 10.1. The molecule has 1 amide bonds. The van der Waals surface area contributed by atoms with E-state index in [0.29, 0.717) is 11.4 Å². The van der Waals surface area contributed by atoms with E-state index in [4.69, 9.17) is 10.00 Å². The highest BCUT2D eigenvalue weighted by Gasteiger charge is 2.13. The molecule has 0 bridgehead atoms. The van der Waals surface area contributed by atoms with Crippen molar-refractivity contribution in [3.05, 3.63) is 59.4 Å². The second kappa shape index (κ2) is 6.53. The Kier molecular flexibility index (Phi) is 4.52. The predicted octanol–water partition coefficient (Wildman–Crippen LogP) is 3.29.